The van der Waals surface area contributed by atoms with Crippen molar-refractivity contribution in [2.75, 3.05) is 6.61 Å². The summed E-state index contributed by atoms with van der Waals surface area (Å²) in [7, 11) is 0. The van der Waals surface area contributed by atoms with Crippen molar-refractivity contribution in [3.05, 3.63) is 28.5 Å². The molecule has 2 N–H and O–H groups in total. The van der Waals surface area contributed by atoms with E-state index in [-0.39, 0.29) is 24.7 Å². The highest BCUT2D eigenvalue weighted by molar-refractivity contribution is 6.30. The summed E-state index contributed by atoms with van der Waals surface area (Å²) in [5, 5.41) is 19.4. The number of hydrogen-bond acceptors (Lipinski definition) is 4. The zero-order chi connectivity index (χ0) is 14.0. The molecule has 2 rings (SSSR count). The molecule has 0 saturated carbocycles. The molecule has 5 heteroatoms. The fraction of sp³-hybridized carbons (Fsp3) is 0.643. The minimum atomic E-state index is -0.533. The summed E-state index contributed by atoms with van der Waals surface area (Å²) in [6.07, 6.45) is 2.32. The van der Waals surface area contributed by atoms with Gasteiger partial charge in [-0.1, -0.05) is 11.6 Å². The van der Waals surface area contributed by atoms with Crippen molar-refractivity contribution in [2.45, 2.75) is 50.9 Å². The molecule has 3 unspecified atom stereocenters. The molecule has 106 valence electrons. The third-order valence-corrected chi connectivity index (χ3v) is 4.09. The molecule has 1 aromatic heterocycles. The molecule has 4 atom stereocenters. The topological polar surface area (TPSA) is 62.6 Å². The van der Waals surface area contributed by atoms with Gasteiger partial charge in [-0.3, -0.25) is 0 Å². The lowest BCUT2D eigenvalue weighted by Gasteiger charge is -2.33. The van der Waals surface area contributed by atoms with Crippen LogP contribution in [0.1, 0.15) is 49.8 Å². The number of ether oxygens (including phenoxy) is 1. The van der Waals surface area contributed by atoms with E-state index in [0.29, 0.717) is 5.15 Å². The van der Waals surface area contributed by atoms with Crippen LogP contribution in [0.5, 0.6) is 0 Å². The van der Waals surface area contributed by atoms with Crippen molar-refractivity contribution in [3.8, 4) is 0 Å². The molecular weight excluding hydrogens is 266 g/mol. The standard InChI is InChI=1S/C14H20ClNO3/c1-8(18)9(2)19-12-4-3-10(7-17)11-5-6-16-14(15)13(11)12/h5-6,8-10,12,17-18H,3-4,7H2,1-2H3/t8-,9?,10?,12?/m1/s1. The molecule has 1 aromatic rings. The second kappa shape index (κ2) is 6.18. The third kappa shape index (κ3) is 3.08. The number of aromatic nitrogens is 1. The van der Waals surface area contributed by atoms with Crippen LogP contribution < -0.4 is 0 Å². The first kappa shape index (κ1) is 14.7. The normalized spacial score (nSPS) is 25.7. The van der Waals surface area contributed by atoms with E-state index in [1.54, 1.807) is 13.1 Å². The summed E-state index contributed by atoms with van der Waals surface area (Å²) >= 11 is 6.19. The Morgan fingerprint density at radius 3 is 2.84 bits per heavy atom. The Morgan fingerprint density at radius 1 is 1.47 bits per heavy atom. The zero-order valence-corrected chi connectivity index (χ0v) is 12.0. The maximum Gasteiger partial charge on any atom is 0.135 e. The molecule has 4 nitrogen and oxygen atoms in total. The minimum absolute atomic E-state index is 0.0946. The number of fused-ring (bicyclic) bond motifs is 1. The van der Waals surface area contributed by atoms with Gasteiger partial charge in [0.05, 0.1) is 18.3 Å². The molecule has 0 bridgehead atoms. The lowest BCUT2D eigenvalue weighted by atomic mass is 9.82. The predicted octanol–water partition coefficient (Wildman–Crippen LogP) is 2.43. The Hall–Kier alpha value is -0.680. The maximum absolute atomic E-state index is 9.55. The van der Waals surface area contributed by atoms with Gasteiger partial charge in [0.15, 0.2) is 0 Å². The van der Waals surface area contributed by atoms with E-state index in [0.717, 1.165) is 24.0 Å². The van der Waals surface area contributed by atoms with E-state index in [1.807, 2.05) is 13.0 Å². The third-order valence-electron chi connectivity index (χ3n) is 3.79. The van der Waals surface area contributed by atoms with Gasteiger partial charge in [0.2, 0.25) is 0 Å². The van der Waals surface area contributed by atoms with Crippen molar-refractivity contribution in [1.29, 1.82) is 0 Å². The van der Waals surface area contributed by atoms with Gasteiger partial charge in [0, 0.05) is 24.3 Å². The number of aliphatic hydroxyl groups is 2. The second-order valence-electron chi connectivity index (χ2n) is 5.13. The highest BCUT2D eigenvalue weighted by Gasteiger charge is 2.31. The summed E-state index contributed by atoms with van der Waals surface area (Å²) < 4.78 is 5.90. The Morgan fingerprint density at radius 2 is 2.21 bits per heavy atom. The number of halogens is 1. The maximum atomic E-state index is 9.55. The van der Waals surface area contributed by atoms with Crippen LogP contribution in [0.3, 0.4) is 0 Å². The van der Waals surface area contributed by atoms with E-state index >= 15 is 0 Å². The predicted molar refractivity (Wildman–Crippen MR) is 73.3 cm³/mol. The summed E-state index contributed by atoms with van der Waals surface area (Å²) in [6.45, 7) is 3.65. The molecule has 19 heavy (non-hydrogen) atoms. The number of hydrogen-bond donors (Lipinski definition) is 2. The van der Waals surface area contributed by atoms with Gasteiger partial charge in [-0.2, -0.15) is 0 Å². The lowest BCUT2D eigenvalue weighted by Crippen LogP contribution is -2.28. The van der Waals surface area contributed by atoms with Gasteiger partial charge in [-0.25, -0.2) is 4.98 Å². The first-order chi connectivity index (χ1) is 9.04. The number of aliphatic hydroxyl groups excluding tert-OH is 2. The van der Waals surface area contributed by atoms with E-state index in [1.165, 1.54) is 0 Å². The lowest BCUT2D eigenvalue weighted by molar-refractivity contribution is -0.0700. The van der Waals surface area contributed by atoms with Gasteiger partial charge in [-0.05, 0) is 38.3 Å². The Balaban J connectivity index is 2.30. The highest BCUT2D eigenvalue weighted by Crippen LogP contribution is 2.42. The number of rotatable bonds is 4. The van der Waals surface area contributed by atoms with Gasteiger partial charge < -0.3 is 14.9 Å². The zero-order valence-electron chi connectivity index (χ0n) is 11.2. The van der Waals surface area contributed by atoms with Crippen LogP contribution >= 0.6 is 11.6 Å². The molecule has 0 spiro atoms. The van der Waals surface area contributed by atoms with Crippen molar-refractivity contribution in [1.82, 2.24) is 4.98 Å². The van der Waals surface area contributed by atoms with Crippen LogP contribution in [0, 0.1) is 0 Å². The smallest absolute Gasteiger partial charge is 0.135 e. The Labute approximate surface area is 118 Å². The van der Waals surface area contributed by atoms with Gasteiger partial charge in [-0.15, -0.1) is 0 Å². The number of nitrogens with zero attached hydrogens (tertiary/aromatic N) is 1. The Bertz CT molecular complexity index is 439. The van der Waals surface area contributed by atoms with Crippen molar-refractivity contribution < 1.29 is 14.9 Å². The monoisotopic (exact) mass is 285 g/mol. The number of pyridine rings is 1. The molecule has 1 heterocycles. The quantitative estimate of drug-likeness (QED) is 0.834. The van der Waals surface area contributed by atoms with Crippen LogP contribution in [0.25, 0.3) is 0 Å². The molecule has 0 saturated heterocycles. The largest absolute Gasteiger partial charge is 0.396 e. The fourth-order valence-corrected chi connectivity index (χ4v) is 2.77. The Kier molecular flexibility index (Phi) is 4.79. The van der Waals surface area contributed by atoms with Crippen LogP contribution in [0.15, 0.2) is 12.3 Å². The molecule has 1 aliphatic rings. The van der Waals surface area contributed by atoms with E-state index < -0.39 is 6.10 Å². The highest BCUT2D eigenvalue weighted by atomic mass is 35.5. The first-order valence-corrected chi connectivity index (χ1v) is 7.01. The van der Waals surface area contributed by atoms with E-state index in [2.05, 4.69) is 4.98 Å². The summed E-state index contributed by atoms with van der Waals surface area (Å²) in [6, 6.07) is 1.89. The van der Waals surface area contributed by atoms with Crippen molar-refractivity contribution >= 4 is 11.6 Å². The van der Waals surface area contributed by atoms with Gasteiger partial charge >= 0.3 is 0 Å². The average Bonchev–Trinajstić information content (AvgIpc) is 2.39. The first-order valence-electron chi connectivity index (χ1n) is 6.63. The molecule has 0 fully saturated rings. The van der Waals surface area contributed by atoms with Crippen molar-refractivity contribution in [3.63, 3.8) is 0 Å². The minimum Gasteiger partial charge on any atom is -0.396 e. The summed E-state index contributed by atoms with van der Waals surface area (Å²) in [4.78, 5) is 4.10. The molecule has 1 aliphatic carbocycles. The van der Waals surface area contributed by atoms with Crippen molar-refractivity contribution in [2.24, 2.45) is 0 Å². The van der Waals surface area contributed by atoms with Gasteiger partial charge in [0.25, 0.3) is 0 Å². The molecule has 0 aromatic carbocycles. The van der Waals surface area contributed by atoms with Crippen LogP contribution in [0.4, 0.5) is 0 Å². The SMILES string of the molecule is CC(OC1CCC(CO)c2ccnc(Cl)c21)[C@@H](C)O. The van der Waals surface area contributed by atoms with E-state index in [4.69, 9.17) is 16.3 Å². The molecule has 0 amide bonds. The van der Waals surface area contributed by atoms with E-state index in [9.17, 15) is 10.2 Å². The van der Waals surface area contributed by atoms with Crippen LogP contribution in [0.2, 0.25) is 5.15 Å². The molecule has 0 aliphatic heterocycles. The second-order valence-corrected chi connectivity index (χ2v) is 5.49. The molecular formula is C14H20ClNO3. The van der Waals surface area contributed by atoms with Gasteiger partial charge in [0.1, 0.15) is 5.15 Å². The molecule has 0 radical (unpaired) electrons. The van der Waals surface area contributed by atoms with Crippen LogP contribution in [-0.2, 0) is 4.74 Å². The summed E-state index contributed by atoms with van der Waals surface area (Å²) in [5.41, 5.74) is 1.87. The average molecular weight is 286 g/mol. The van der Waals surface area contributed by atoms with Crippen LogP contribution in [-0.4, -0.2) is 34.0 Å². The summed E-state index contributed by atoms with van der Waals surface area (Å²) in [5.74, 6) is 0.0946. The fourth-order valence-electron chi connectivity index (χ4n) is 2.49.